The molecule has 5 atom stereocenters. The minimum Gasteiger partial charge on any atom is -0.862 e. The first-order chi connectivity index (χ1) is 8.61. The topological polar surface area (TPSA) is 169 Å². The Hall–Kier alpha value is 0.180. The Morgan fingerprint density at radius 3 is 2.35 bits per heavy atom. The fraction of sp³-hybridized carbons (Fsp3) is 0.875. The van der Waals surface area contributed by atoms with E-state index in [1.54, 1.807) is 0 Å². The van der Waals surface area contributed by atoms with Gasteiger partial charge in [0.2, 0.25) is 0 Å². The molecule has 1 aliphatic heterocycles. The molecule has 112 valence electrons. The van der Waals surface area contributed by atoms with Crippen molar-refractivity contribution in [3.63, 3.8) is 0 Å². The van der Waals surface area contributed by atoms with Crippen LogP contribution in [0, 0.1) is 0 Å². The number of rotatable bonds is 4. The summed E-state index contributed by atoms with van der Waals surface area (Å²) in [6.07, 6.45) is -6.44. The van der Waals surface area contributed by atoms with Gasteiger partial charge in [0.15, 0.2) is 6.29 Å². The van der Waals surface area contributed by atoms with Crippen molar-refractivity contribution < 1.29 is 71.9 Å². The molecule has 1 fully saturated rings. The summed E-state index contributed by atoms with van der Waals surface area (Å²) < 4.78 is 37.8. The van der Waals surface area contributed by atoms with Gasteiger partial charge in [0.05, 0.1) is 6.61 Å². The van der Waals surface area contributed by atoms with Gasteiger partial charge in [0.25, 0.3) is 0 Å². The fourth-order valence-corrected chi connectivity index (χ4v) is 1.88. The van der Waals surface area contributed by atoms with Gasteiger partial charge in [-0.2, -0.15) is 8.42 Å². The first-order valence-electron chi connectivity index (χ1n) is 5.14. The zero-order chi connectivity index (χ0) is 14.8. The number of ether oxygens (including phenoxy) is 1. The Kier molecular flexibility index (Phi) is 8.05. The normalized spacial score (nSPS) is 35.5. The minimum atomic E-state index is -4.75. The Labute approximate surface area is 137 Å². The molecule has 1 rings (SSSR count). The molecule has 0 aromatic rings. The molecule has 12 heteroatoms. The molecule has 4 N–H and O–H groups in total. The van der Waals surface area contributed by atoms with Crippen LogP contribution in [-0.2, 0) is 19.3 Å². The Morgan fingerprint density at radius 1 is 1.35 bits per heavy atom. The summed E-state index contributed by atoms with van der Waals surface area (Å²) in [6, 6.07) is -1.39. The van der Waals surface area contributed by atoms with Gasteiger partial charge in [0.1, 0.15) is 24.4 Å². The second-order valence-electron chi connectivity index (χ2n) is 3.90. The Bertz CT molecular complexity index is 437. The number of hydrogen-bond donors (Lipinski definition) is 4. The summed E-state index contributed by atoms with van der Waals surface area (Å²) in [5.41, 5.74) is 0. The van der Waals surface area contributed by atoms with Crippen LogP contribution in [0.1, 0.15) is 6.92 Å². The van der Waals surface area contributed by atoms with E-state index in [2.05, 4.69) is 9.18 Å². The monoisotopic (exact) mass is 323 g/mol. The zero-order valence-electron chi connectivity index (χ0n) is 10.8. The van der Waals surface area contributed by atoms with Crippen molar-refractivity contribution in [2.75, 3.05) is 6.61 Å². The minimum absolute atomic E-state index is 0. The van der Waals surface area contributed by atoms with Crippen LogP contribution in [0.3, 0.4) is 0 Å². The standard InChI is InChI=1S/C8H15NO9S.Na/c1-3(10)9-5-7(12)6(11)4(18-8(5)13)2-17-19(14,15)16;/h4-8,11-13H,2H2,1H3,(H,9,10)(H,14,15,16);/q;+1/p-1/t4-,5-,6+,7-,8?;/m1./s1. The van der Waals surface area contributed by atoms with Gasteiger partial charge in [-0.1, -0.05) is 0 Å². The van der Waals surface area contributed by atoms with Gasteiger partial charge in [-0.05, 0) is 12.8 Å². The van der Waals surface area contributed by atoms with Gasteiger partial charge in [-0.15, -0.1) is 0 Å². The summed E-state index contributed by atoms with van der Waals surface area (Å²) in [7, 11) is -4.75. The van der Waals surface area contributed by atoms with E-state index in [4.69, 9.17) is 9.29 Å². The van der Waals surface area contributed by atoms with E-state index in [0.717, 1.165) is 6.92 Å². The van der Waals surface area contributed by atoms with Crippen LogP contribution >= 0.6 is 0 Å². The van der Waals surface area contributed by atoms with Crippen molar-refractivity contribution in [2.24, 2.45) is 4.99 Å². The molecule has 0 aliphatic carbocycles. The van der Waals surface area contributed by atoms with Gasteiger partial charge >= 0.3 is 40.0 Å². The van der Waals surface area contributed by atoms with Crippen molar-refractivity contribution in [1.82, 2.24) is 0 Å². The third-order valence-electron chi connectivity index (χ3n) is 2.40. The first kappa shape index (κ1) is 20.2. The third kappa shape index (κ3) is 5.89. The Morgan fingerprint density at radius 2 is 1.90 bits per heavy atom. The van der Waals surface area contributed by atoms with E-state index >= 15 is 0 Å². The maximum absolute atomic E-state index is 10.8. The van der Waals surface area contributed by atoms with Gasteiger partial charge in [0, 0.05) is 0 Å². The van der Waals surface area contributed by atoms with E-state index < -0.39 is 53.5 Å². The molecular formula is C8H14NNaO9S. The fourth-order valence-electron chi connectivity index (χ4n) is 1.57. The maximum Gasteiger partial charge on any atom is 1.00 e. The zero-order valence-corrected chi connectivity index (χ0v) is 13.6. The third-order valence-corrected chi connectivity index (χ3v) is 2.83. The molecule has 20 heavy (non-hydrogen) atoms. The number of hydrogen-bond acceptors (Lipinski definition) is 9. The predicted octanol–water partition coefficient (Wildman–Crippen LogP) is -6.60. The molecule has 0 saturated carbocycles. The van der Waals surface area contributed by atoms with Crippen molar-refractivity contribution in [1.29, 1.82) is 0 Å². The largest absolute Gasteiger partial charge is 1.00 e. The van der Waals surface area contributed by atoms with Crippen molar-refractivity contribution >= 4 is 16.3 Å². The van der Waals surface area contributed by atoms with Gasteiger partial charge in [-0.3, -0.25) is 9.55 Å². The summed E-state index contributed by atoms with van der Waals surface area (Å²) in [6.45, 7) is 0.264. The molecule has 0 spiro atoms. The number of nitrogens with zero attached hydrogens (tertiary/aromatic N) is 1. The van der Waals surface area contributed by atoms with Crippen LogP contribution < -0.4 is 34.7 Å². The molecule has 1 saturated heterocycles. The molecule has 0 aromatic heterocycles. The van der Waals surface area contributed by atoms with E-state index in [0.29, 0.717) is 0 Å². The number of aliphatic hydroxyl groups excluding tert-OH is 3. The van der Waals surface area contributed by atoms with Crippen LogP contribution in [0.5, 0.6) is 0 Å². The van der Waals surface area contributed by atoms with Gasteiger partial charge < -0.3 is 25.2 Å². The molecule has 10 nitrogen and oxygen atoms in total. The molecular weight excluding hydrogens is 309 g/mol. The molecule has 1 aliphatic rings. The quantitative estimate of drug-likeness (QED) is 0.170. The molecule has 1 heterocycles. The molecule has 0 amide bonds. The average Bonchev–Trinajstić information content (AvgIpc) is 2.26. The van der Waals surface area contributed by atoms with Crippen LogP contribution in [0.2, 0.25) is 0 Å². The SMILES string of the molecule is CC([O-])=N[C@H]1C(O)O[C@H](COS(=O)(=O)O)[C@H](O)[C@@H]1O.[Na+]. The van der Waals surface area contributed by atoms with Crippen molar-refractivity contribution in [3.05, 3.63) is 0 Å². The molecule has 0 bridgehead atoms. The Balaban J connectivity index is 0.00000361. The number of aliphatic imine (C=N–C) groups is 1. The van der Waals surface area contributed by atoms with Crippen LogP contribution in [0.25, 0.3) is 0 Å². The first-order valence-corrected chi connectivity index (χ1v) is 6.51. The van der Waals surface area contributed by atoms with Gasteiger partial charge in [-0.25, -0.2) is 4.18 Å². The second-order valence-corrected chi connectivity index (χ2v) is 4.99. The maximum atomic E-state index is 10.8. The van der Waals surface area contributed by atoms with E-state index in [1.165, 1.54) is 0 Å². The molecule has 0 aromatic carbocycles. The summed E-state index contributed by atoms with van der Waals surface area (Å²) in [5, 5.41) is 39.6. The van der Waals surface area contributed by atoms with Crippen molar-refractivity contribution in [3.8, 4) is 0 Å². The van der Waals surface area contributed by atoms with Crippen LogP contribution in [0.15, 0.2) is 4.99 Å². The van der Waals surface area contributed by atoms with Crippen LogP contribution in [-0.4, -0.2) is 71.4 Å². The summed E-state index contributed by atoms with van der Waals surface area (Å²) in [5.74, 6) is -0.688. The van der Waals surface area contributed by atoms with E-state index in [1.807, 2.05) is 0 Å². The summed E-state index contributed by atoms with van der Waals surface area (Å²) >= 11 is 0. The second kappa shape index (κ2) is 7.98. The summed E-state index contributed by atoms with van der Waals surface area (Å²) in [4.78, 5) is 3.36. The molecule has 1 unspecified atom stereocenters. The van der Waals surface area contributed by atoms with Crippen LogP contribution in [0.4, 0.5) is 0 Å². The van der Waals surface area contributed by atoms with E-state index in [9.17, 15) is 28.8 Å². The number of aliphatic hydroxyl groups is 3. The average molecular weight is 323 g/mol. The van der Waals surface area contributed by atoms with E-state index in [-0.39, 0.29) is 29.6 Å². The predicted molar refractivity (Wildman–Crippen MR) is 57.3 cm³/mol. The molecule has 0 radical (unpaired) electrons. The smallest absolute Gasteiger partial charge is 0.862 e. The van der Waals surface area contributed by atoms with Crippen molar-refractivity contribution in [2.45, 2.75) is 37.6 Å².